The third kappa shape index (κ3) is 4.48. The van der Waals surface area contributed by atoms with E-state index in [2.05, 4.69) is 68.8 Å². The summed E-state index contributed by atoms with van der Waals surface area (Å²) >= 11 is 5.20. The van der Waals surface area contributed by atoms with E-state index in [1.807, 2.05) is 6.07 Å². The fraction of sp³-hybridized carbons (Fsp3) is 0.250. The number of thioether (sulfide) groups is 1. The first kappa shape index (κ1) is 18.4. The van der Waals surface area contributed by atoms with E-state index >= 15 is 0 Å². The molecule has 0 aliphatic carbocycles. The summed E-state index contributed by atoms with van der Waals surface area (Å²) in [4.78, 5) is 6.02. The predicted octanol–water partition coefficient (Wildman–Crippen LogP) is 5.62. The zero-order chi connectivity index (χ0) is 18.5. The fourth-order valence-corrected chi connectivity index (χ4v) is 5.37. The van der Waals surface area contributed by atoms with Crippen molar-refractivity contribution in [3.63, 3.8) is 0 Å². The summed E-state index contributed by atoms with van der Waals surface area (Å²) in [6.07, 6.45) is 2.98. The third-order valence-electron chi connectivity index (χ3n) is 4.04. The van der Waals surface area contributed by atoms with Crippen LogP contribution in [0.5, 0.6) is 0 Å². The monoisotopic (exact) mass is 412 g/mol. The van der Waals surface area contributed by atoms with Gasteiger partial charge >= 0.3 is 0 Å². The molecule has 3 aromatic heterocycles. The summed E-state index contributed by atoms with van der Waals surface area (Å²) in [6, 6.07) is 14.6. The van der Waals surface area contributed by atoms with Gasteiger partial charge in [-0.25, -0.2) is 4.98 Å². The number of hydrogen-bond acceptors (Lipinski definition) is 6. The van der Waals surface area contributed by atoms with E-state index in [0.29, 0.717) is 0 Å². The normalized spacial score (nSPS) is 11.1. The van der Waals surface area contributed by atoms with Crippen LogP contribution in [-0.4, -0.2) is 19.7 Å². The maximum Gasteiger partial charge on any atom is 0.196 e. The van der Waals surface area contributed by atoms with Crippen LogP contribution < -0.4 is 0 Å². The van der Waals surface area contributed by atoms with Crippen LogP contribution >= 0.6 is 34.4 Å². The minimum absolute atomic E-state index is 0.789. The quantitative estimate of drug-likeness (QED) is 0.352. The zero-order valence-corrected chi connectivity index (χ0v) is 17.5. The van der Waals surface area contributed by atoms with Crippen molar-refractivity contribution >= 4 is 34.4 Å². The number of rotatable bonds is 8. The Labute approximate surface area is 171 Å². The molecule has 0 radical (unpaired) electrons. The molecule has 0 amide bonds. The van der Waals surface area contributed by atoms with Crippen molar-refractivity contribution in [1.29, 1.82) is 0 Å². The molecule has 4 rings (SSSR count). The molecule has 1 aromatic carbocycles. The Morgan fingerprint density at radius 1 is 1.04 bits per heavy atom. The molecule has 3 heterocycles. The average molecular weight is 413 g/mol. The molecule has 0 spiro atoms. The Morgan fingerprint density at radius 2 is 1.93 bits per heavy atom. The summed E-state index contributed by atoms with van der Waals surface area (Å²) in [6.45, 7) is 2.19. The summed E-state index contributed by atoms with van der Waals surface area (Å²) in [7, 11) is 0. The lowest BCUT2D eigenvalue weighted by molar-refractivity contribution is 0.850. The third-order valence-corrected chi connectivity index (χ3v) is 6.84. The molecule has 0 unspecified atom stereocenters. The Bertz CT molecular complexity index is 974. The van der Waals surface area contributed by atoms with Crippen LogP contribution in [0.4, 0.5) is 0 Å². The molecular weight excluding hydrogens is 392 g/mol. The Kier molecular flexibility index (Phi) is 6.01. The second-order valence-electron chi connectivity index (χ2n) is 6.10. The van der Waals surface area contributed by atoms with E-state index in [9.17, 15) is 0 Å². The van der Waals surface area contributed by atoms with Crippen molar-refractivity contribution in [1.82, 2.24) is 19.7 Å². The SMILES string of the molecule is CCCc1nc(CSc2nnc(Cc3cccs3)n2-c2ccccc2)cs1. The van der Waals surface area contributed by atoms with E-state index in [0.717, 1.165) is 47.4 Å². The van der Waals surface area contributed by atoms with E-state index in [1.54, 1.807) is 34.4 Å². The van der Waals surface area contributed by atoms with Gasteiger partial charge in [0.1, 0.15) is 5.82 Å². The Morgan fingerprint density at radius 3 is 2.70 bits per heavy atom. The first-order chi connectivity index (χ1) is 13.3. The van der Waals surface area contributed by atoms with Gasteiger partial charge < -0.3 is 0 Å². The minimum Gasteiger partial charge on any atom is -0.274 e. The first-order valence-electron chi connectivity index (χ1n) is 8.91. The molecule has 0 fully saturated rings. The highest BCUT2D eigenvalue weighted by Crippen LogP contribution is 2.27. The second kappa shape index (κ2) is 8.82. The van der Waals surface area contributed by atoms with Crippen LogP contribution in [0.2, 0.25) is 0 Å². The molecule has 4 nitrogen and oxygen atoms in total. The number of aryl methyl sites for hydroxylation is 1. The van der Waals surface area contributed by atoms with Gasteiger partial charge in [-0.2, -0.15) is 0 Å². The summed E-state index contributed by atoms with van der Waals surface area (Å²) in [5, 5.41) is 15.4. The standard InChI is InChI=1S/C20H20N4S3/c1-2-7-19-21-15(13-26-19)14-27-20-23-22-18(12-17-10-6-11-25-17)24(20)16-8-4-3-5-9-16/h3-6,8-11,13H,2,7,12,14H2,1H3. The van der Waals surface area contributed by atoms with Crippen LogP contribution in [0, 0.1) is 0 Å². The van der Waals surface area contributed by atoms with Crippen LogP contribution in [0.1, 0.15) is 34.7 Å². The number of hydrogen-bond donors (Lipinski definition) is 0. The van der Waals surface area contributed by atoms with Gasteiger partial charge in [-0.05, 0) is 36.4 Å². The van der Waals surface area contributed by atoms with E-state index in [4.69, 9.17) is 4.98 Å². The van der Waals surface area contributed by atoms with E-state index in [1.165, 1.54) is 9.88 Å². The Balaban J connectivity index is 1.58. The summed E-state index contributed by atoms with van der Waals surface area (Å²) in [5.74, 6) is 1.78. The lowest BCUT2D eigenvalue weighted by Crippen LogP contribution is -2.03. The highest BCUT2D eigenvalue weighted by atomic mass is 32.2. The summed E-state index contributed by atoms with van der Waals surface area (Å²) < 4.78 is 2.17. The maximum atomic E-state index is 4.73. The molecule has 7 heteroatoms. The van der Waals surface area contributed by atoms with Gasteiger partial charge in [0.05, 0.1) is 10.7 Å². The lowest BCUT2D eigenvalue weighted by atomic mass is 10.3. The molecule has 0 atom stereocenters. The summed E-state index contributed by atoms with van der Waals surface area (Å²) in [5.41, 5.74) is 2.22. The largest absolute Gasteiger partial charge is 0.274 e. The number of thiazole rings is 1. The molecule has 0 saturated carbocycles. The van der Waals surface area contributed by atoms with Crippen molar-refractivity contribution in [3.05, 3.63) is 74.6 Å². The van der Waals surface area contributed by atoms with Gasteiger partial charge in [-0.1, -0.05) is 43.0 Å². The van der Waals surface area contributed by atoms with Gasteiger partial charge in [0, 0.05) is 28.1 Å². The predicted molar refractivity (Wildman–Crippen MR) is 114 cm³/mol. The molecule has 0 bridgehead atoms. The topological polar surface area (TPSA) is 43.6 Å². The van der Waals surface area contributed by atoms with E-state index in [-0.39, 0.29) is 0 Å². The zero-order valence-electron chi connectivity index (χ0n) is 15.0. The molecule has 138 valence electrons. The van der Waals surface area contributed by atoms with Crippen molar-refractivity contribution in [2.75, 3.05) is 0 Å². The smallest absolute Gasteiger partial charge is 0.196 e. The molecule has 0 saturated heterocycles. The number of benzene rings is 1. The van der Waals surface area contributed by atoms with Crippen LogP contribution in [-0.2, 0) is 18.6 Å². The number of thiophene rings is 1. The van der Waals surface area contributed by atoms with Gasteiger partial charge in [0.25, 0.3) is 0 Å². The second-order valence-corrected chi connectivity index (χ2v) is 9.01. The fourth-order valence-electron chi connectivity index (χ4n) is 2.80. The maximum absolute atomic E-state index is 4.73. The molecule has 27 heavy (non-hydrogen) atoms. The van der Waals surface area contributed by atoms with Gasteiger partial charge in [0.2, 0.25) is 0 Å². The van der Waals surface area contributed by atoms with Crippen molar-refractivity contribution < 1.29 is 0 Å². The van der Waals surface area contributed by atoms with Crippen molar-refractivity contribution in [2.24, 2.45) is 0 Å². The van der Waals surface area contributed by atoms with Crippen molar-refractivity contribution in [2.45, 2.75) is 37.1 Å². The molecule has 0 aliphatic rings. The lowest BCUT2D eigenvalue weighted by Gasteiger charge is -2.09. The highest BCUT2D eigenvalue weighted by Gasteiger charge is 2.16. The molecule has 4 aromatic rings. The Hall–Kier alpha value is -1.96. The number of para-hydroxylation sites is 1. The minimum atomic E-state index is 0.789. The van der Waals surface area contributed by atoms with Crippen LogP contribution in [0.3, 0.4) is 0 Å². The molecule has 0 N–H and O–H groups in total. The van der Waals surface area contributed by atoms with Gasteiger partial charge in [-0.15, -0.1) is 32.9 Å². The van der Waals surface area contributed by atoms with Gasteiger partial charge in [0.15, 0.2) is 5.16 Å². The first-order valence-corrected chi connectivity index (χ1v) is 11.7. The number of aromatic nitrogens is 4. The van der Waals surface area contributed by atoms with E-state index < -0.39 is 0 Å². The molecule has 0 aliphatic heterocycles. The van der Waals surface area contributed by atoms with Crippen molar-refractivity contribution in [3.8, 4) is 5.69 Å². The number of nitrogens with zero attached hydrogens (tertiary/aromatic N) is 4. The van der Waals surface area contributed by atoms with Gasteiger partial charge in [-0.3, -0.25) is 4.57 Å². The van der Waals surface area contributed by atoms with Crippen LogP contribution in [0.25, 0.3) is 5.69 Å². The molecular formula is C20H20N4S3. The average Bonchev–Trinajstić information content (AvgIpc) is 3.43. The highest BCUT2D eigenvalue weighted by molar-refractivity contribution is 7.98. The van der Waals surface area contributed by atoms with Crippen LogP contribution in [0.15, 0.2) is 58.4 Å².